The highest BCUT2D eigenvalue weighted by molar-refractivity contribution is 6.42. The summed E-state index contributed by atoms with van der Waals surface area (Å²) in [5, 5.41) is 8.11. The Hall–Kier alpha value is -1.99. The normalized spacial score (nSPS) is 17.4. The quantitative estimate of drug-likeness (QED) is 0.832. The summed E-state index contributed by atoms with van der Waals surface area (Å²) < 4.78 is 3.08. The van der Waals surface area contributed by atoms with Crippen LogP contribution in [0.5, 0.6) is 0 Å². The molecule has 2 amide bonds. The average Bonchev–Trinajstić information content (AvgIpc) is 2.93. The second-order valence-corrected chi connectivity index (χ2v) is 7.89. The third-order valence-corrected chi connectivity index (χ3v) is 5.48. The molecule has 0 radical (unpaired) electrons. The van der Waals surface area contributed by atoms with Crippen LogP contribution in [-0.4, -0.2) is 38.4 Å². The molecular weight excluding hydrogens is 389 g/mol. The number of carbonyl (C=O) groups excluding carboxylic acids is 1. The Balaban J connectivity index is 1.76. The number of urea groups is 1. The Morgan fingerprint density at radius 2 is 2.04 bits per heavy atom. The molecule has 0 aliphatic carbocycles. The molecule has 1 unspecified atom stereocenters. The number of halogens is 2. The van der Waals surface area contributed by atoms with E-state index in [0.29, 0.717) is 28.8 Å². The second-order valence-electron chi connectivity index (χ2n) is 7.07. The van der Waals surface area contributed by atoms with Gasteiger partial charge in [-0.3, -0.25) is 4.57 Å². The van der Waals surface area contributed by atoms with Crippen LogP contribution in [0, 0.1) is 0 Å². The lowest BCUT2D eigenvalue weighted by Crippen LogP contribution is -2.42. The first-order chi connectivity index (χ1) is 12.8. The van der Waals surface area contributed by atoms with Crippen molar-refractivity contribution in [1.82, 2.24) is 19.2 Å². The molecule has 0 bridgehead atoms. The van der Waals surface area contributed by atoms with Crippen molar-refractivity contribution in [3.8, 4) is 0 Å². The topological polar surface area (TPSA) is 72.2 Å². The molecule has 1 aromatic heterocycles. The second kappa shape index (κ2) is 7.94. The minimum atomic E-state index is -0.201. The molecule has 0 spiro atoms. The average molecular weight is 412 g/mol. The largest absolute Gasteiger partial charge is 0.345 e. The van der Waals surface area contributed by atoms with Crippen LogP contribution in [0.3, 0.4) is 0 Å². The van der Waals surface area contributed by atoms with Crippen LogP contribution in [0.15, 0.2) is 23.0 Å². The van der Waals surface area contributed by atoms with E-state index >= 15 is 0 Å². The van der Waals surface area contributed by atoms with Gasteiger partial charge in [-0.15, -0.1) is 0 Å². The van der Waals surface area contributed by atoms with E-state index in [-0.39, 0.29) is 23.7 Å². The van der Waals surface area contributed by atoms with Crippen molar-refractivity contribution in [1.29, 1.82) is 0 Å². The number of rotatable bonds is 3. The first-order valence-electron chi connectivity index (χ1n) is 8.94. The zero-order valence-corrected chi connectivity index (χ0v) is 17.1. The molecule has 1 aliphatic heterocycles. The summed E-state index contributed by atoms with van der Waals surface area (Å²) in [5.41, 5.74) is 0.464. The zero-order chi connectivity index (χ0) is 19.7. The van der Waals surface area contributed by atoms with Gasteiger partial charge in [-0.25, -0.2) is 14.3 Å². The van der Waals surface area contributed by atoms with Crippen LogP contribution in [0.25, 0.3) is 0 Å². The number of benzene rings is 1. The lowest BCUT2D eigenvalue weighted by molar-refractivity contribution is 0.190. The van der Waals surface area contributed by atoms with Crippen molar-refractivity contribution >= 4 is 34.9 Å². The van der Waals surface area contributed by atoms with Gasteiger partial charge in [0, 0.05) is 37.8 Å². The maximum Gasteiger partial charge on any atom is 0.345 e. The number of carbonyl (C=O) groups is 1. The number of amides is 2. The molecule has 2 aromatic rings. The van der Waals surface area contributed by atoms with E-state index in [1.165, 1.54) is 4.68 Å². The van der Waals surface area contributed by atoms with Gasteiger partial charge < -0.3 is 10.2 Å². The minimum absolute atomic E-state index is 0.0154. The van der Waals surface area contributed by atoms with E-state index in [0.717, 1.165) is 18.7 Å². The molecule has 7 nitrogen and oxygen atoms in total. The molecule has 9 heteroatoms. The van der Waals surface area contributed by atoms with Crippen molar-refractivity contribution in [2.75, 3.05) is 18.4 Å². The number of likely N-dealkylation sites (tertiary alicyclic amines) is 1. The van der Waals surface area contributed by atoms with Gasteiger partial charge in [0.1, 0.15) is 5.82 Å². The monoisotopic (exact) mass is 411 g/mol. The van der Waals surface area contributed by atoms with Crippen LogP contribution in [0.2, 0.25) is 10.0 Å². The number of anilines is 1. The van der Waals surface area contributed by atoms with Gasteiger partial charge in [-0.2, -0.15) is 5.10 Å². The predicted octanol–water partition coefficient (Wildman–Crippen LogP) is 3.88. The lowest BCUT2D eigenvalue weighted by atomic mass is 9.97. The summed E-state index contributed by atoms with van der Waals surface area (Å²) in [6.45, 7) is 5.09. The number of nitrogens with one attached hydrogen (secondary N) is 1. The van der Waals surface area contributed by atoms with Gasteiger partial charge in [0.15, 0.2) is 0 Å². The molecule has 1 fully saturated rings. The van der Waals surface area contributed by atoms with E-state index in [1.807, 2.05) is 13.8 Å². The van der Waals surface area contributed by atoms with Gasteiger partial charge in [0.2, 0.25) is 0 Å². The Morgan fingerprint density at radius 1 is 1.30 bits per heavy atom. The van der Waals surface area contributed by atoms with Crippen LogP contribution >= 0.6 is 23.2 Å². The summed E-state index contributed by atoms with van der Waals surface area (Å²) in [7, 11) is 1.66. The molecule has 1 atom stereocenters. The van der Waals surface area contributed by atoms with Gasteiger partial charge in [0.05, 0.1) is 10.0 Å². The van der Waals surface area contributed by atoms with E-state index in [4.69, 9.17) is 23.2 Å². The number of piperidine rings is 1. The van der Waals surface area contributed by atoms with E-state index in [9.17, 15) is 9.59 Å². The maximum atomic E-state index is 12.7. The highest BCUT2D eigenvalue weighted by Crippen LogP contribution is 2.28. The summed E-state index contributed by atoms with van der Waals surface area (Å²) in [6.07, 6.45) is 1.74. The molecule has 2 heterocycles. The SMILES string of the molecule is CC(C)n1c(C2CCCN(C(=O)Nc3ccc(Cl)c(Cl)c3)C2)nn(C)c1=O. The fraction of sp³-hybridized carbons (Fsp3) is 0.500. The highest BCUT2D eigenvalue weighted by Gasteiger charge is 2.30. The molecule has 0 saturated carbocycles. The van der Waals surface area contributed by atoms with E-state index in [2.05, 4.69) is 10.4 Å². The maximum absolute atomic E-state index is 12.7. The molecule has 27 heavy (non-hydrogen) atoms. The van der Waals surface area contributed by atoms with Crippen LogP contribution in [0.4, 0.5) is 10.5 Å². The van der Waals surface area contributed by atoms with Crippen molar-refractivity contribution in [2.45, 2.75) is 38.6 Å². The van der Waals surface area contributed by atoms with Crippen LogP contribution in [-0.2, 0) is 7.05 Å². The first-order valence-corrected chi connectivity index (χ1v) is 9.70. The molecule has 1 aliphatic rings. The van der Waals surface area contributed by atoms with E-state index in [1.54, 1.807) is 34.7 Å². The third-order valence-electron chi connectivity index (χ3n) is 4.74. The fourth-order valence-electron chi connectivity index (χ4n) is 3.41. The predicted molar refractivity (Wildman–Crippen MR) is 107 cm³/mol. The van der Waals surface area contributed by atoms with Crippen molar-refractivity contribution in [3.63, 3.8) is 0 Å². The van der Waals surface area contributed by atoms with Crippen molar-refractivity contribution < 1.29 is 4.79 Å². The minimum Gasteiger partial charge on any atom is -0.324 e. The lowest BCUT2D eigenvalue weighted by Gasteiger charge is -2.32. The van der Waals surface area contributed by atoms with Crippen LogP contribution in [0.1, 0.15) is 44.5 Å². The Labute approximate surface area is 167 Å². The molecular formula is C18H23Cl2N5O2. The van der Waals surface area contributed by atoms with Crippen molar-refractivity contribution in [3.05, 3.63) is 44.6 Å². The Bertz CT molecular complexity index is 906. The molecule has 1 aromatic carbocycles. The highest BCUT2D eigenvalue weighted by atomic mass is 35.5. The standard InChI is InChI=1S/C18H23Cl2N5O2/c1-11(2)25-16(22-23(3)18(25)27)12-5-4-8-24(10-12)17(26)21-13-6-7-14(19)15(20)9-13/h6-7,9,11-12H,4-5,8,10H2,1-3H3,(H,21,26). The summed E-state index contributed by atoms with van der Waals surface area (Å²) in [5.74, 6) is 0.763. The summed E-state index contributed by atoms with van der Waals surface area (Å²) in [6, 6.07) is 4.79. The first kappa shape index (κ1) is 19.8. The number of hydrogen-bond donors (Lipinski definition) is 1. The Kier molecular flexibility index (Phi) is 5.81. The van der Waals surface area contributed by atoms with E-state index < -0.39 is 0 Å². The molecule has 1 N–H and O–H groups in total. The van der Waals surface area contributed by atoms with Crippen LogP contribution < -0.4 is 11.0 Å². The number of nitrogens with zero attached hydrogens (tertiary/aromatic N) is 4. The fourth-order valence-corrected chi connectivity index (χ4v) is 3.71. The zero-order valence-electron chi connectivity index (χ0n) is 15.6. The summed E-state index contributed by atoms with van der Waals surface area (Å²) in [4.78, 5) is 26.8. The number of hydrogen-bond acceptors (Lipinski definition) is 3. The third kappa shape index (κ3) is 4.14. The number of aryl methyl sites for hydroxylation is 1. The van der Waals surface area contributed by atoms with Gasteiger partial charge >= 0.3 is 11.7 Å². The van der Waals surface area contributed by atoms with Crippen molar-refractivity contribution in [2.24, 2.45) is 7.05 Å². The summed E-state index contributed by atoms with van der Waals surface area (Å²) >= 11 is 11.9. The van der Waals surface area contributed by atoms with Gasteiger partial charge in [-0.05, 0) is 44.9 Å². The van der Waals surface area contributed by atoms with Gasteiger partial charge in [0.25, 0.3) is 0 Å². The molecule has 3 rings (SSSR count). The number of aromatic nitrogens is 3. The van der Waals surface area contributed by atoms with Gasteiger partial charge in [-0.1, -0.05) is 23.2 Å². The Morgan fingerprint density at radius 3 is 2.70 bits per heavy atom. The molecule has 146 valence electrons. The molecule has 1 saturated heterocycles. The smallest absolute Gasteiger partial charge is 0.324 e.